The highest BCUT2D eigenvalue weighted by atomic mass is 79.9. The van der Waals surface area contributed by atoms with Crippen LogP contribution in [0.5, 0.6) is 0 Å². The van der Waals surface area contributed by atoms with Crippen LogP contribution in [-0.4, -0.2) is 17.8 Å². The second-order valence-corrected chi connectivity index (χ2v) is 5.84. The highest BCUT2D eigenvalue weighted by molar-refractivity contribution is 9.10. The Hall–Kier alpha value is -0.250. The number of benzene rings is 1. The van der Waals surface area contributed by atoms with E-state index in [0.717, 1.165) is 17.3 Å². The van der Waals surface area contributed by atoms with Gasteiger partial charge in [0.2, 0.25) is 0 Å². The van der Waals surface area contributed by atoms with Gasteiger partial charge in [-0.15, -0.1) is 11.6 Å². The Morgan fingerprint density at radius 2 is 2.24 bits per heavy atom. The van der Waals surface area contributed by atoms with Crippen LogP contribution in [0, 0.1) is 0 Å². The van der Waals surface area contributed by atoms with Crippen LogP contribution in [0.15, 0.2) is 22.7 Å². The van der Waals surface area contributed by atoms with Crippen molar-refractivity contribution in [3.05, 3.63) is 33.3 Å². The summed E-state index contributed by atoms with van der Waals surface area (Å²) in [5.41, 5.74) is 0.552. The van der Waals surface area contributed by atoms with Crippen molar-refractivity contribution >= 4 is 45.0 Å². The Balaban J connectivity index is 2.49. The molecule has 0 bridgehead atoms. The van der Waals surface area contributed by atoms with Gasteiger partial charge in [0.05, 0.1) is 5.56 Å². The summed E-state index contributed by atoms with van der Waals surface area (Å²) < 4.78 is 0.741. The number of carbonyl (C=O) groups is 1. The monoisotopic (exact) mass is 337 g/mol. The minimum absolute atomic E-state index is 0.124. The molecule has 0 fully saturated rings. The third-order valence-electron chi connectivity index (χ3n) is 2.24. The predicted molar refractivity (Wildman–Crippen MR) is 76.0 cm³/mol. The van der Waals surface area contributed by atoms with Gasteiger partial charge in [-0.2, -0.15) is 0 Å². The van der Waals surface area contributed by atoms with Gasteiger partial charge in [-0.1, -0.05) is 11.6 Å². The highest BCUT2D eigenvalue weighted by Crippen LogP contribution is 2.20. The van der Waals surface area contributed by atoms with Crippen LogP contribution in [0.4, 0.5) is 0 Å². The second-order valence-electron chi connectivity index (χ2n) is 3.80. The molecule has 17 heavy (non-hydrogen) atoms. The Kier molecular flexibility index (Phi) is 6.31. The minimum Gasteiger partial charge on any atom is -0.352 e. The summed E-state index contributed by atoms with van der Waals surface area (Å²) in [4.78, 5) is 11.8. The van der Waals surface area contributed by atoms with Gasteiger partial charge >= 0.3 is 0 Å². The van der Waals surface area contributed by atoms with E-state index in [9.17, 15) is 4.79 Å². The van der Waals surface area contributed by atoms with E-state index in [0.29, 0.717) is 17.1 Å². The molecule has 0 aromatic heterocycles. The molecular weight excluding hydrogens is 325 g/mol. The van der Waals surface area contributed by atoms with Crippen LogP contribution in [0.2, 0.25) is 5.02 Å². The molecule has 0 heterocycles. The molecule has 0 aliphatic rings. The molecule has 1 N–H and O–H groups in total. The van der Waals surface area contributed by atoms with Gasteiger partial charge in [0, 0.05) is 21.4 Å². The number of alkyl halides is 1. The number of hydrogen-bond acceptors (Lipinski definition) is 1. The molecule has 0 radical (unpaired) electrons. The molecule has 1 unspecified atom stereocenters. The number of carbonyl (C=O) groups excluding carboxylic acids is 1. The van der Waals surface area contributed by atoms with E-state index >= 15 is 0 Å². The maximum absolute atomic E-state index is 11.8. The lowest BCUT2D eigenvalue weighted by atomic mass is 10.2. The Labute approximate surface area is 120 Å². The molecule has 2 nitrogen and oxygen atoms in total. The molecule has 0 saturated carbocycles. The standard InChI is InChI=1S/C12H14BrCl2NO/c1-8(14)3-2-6-16-12(17)10-7-9(15)4-5-11(10)13/h4-5,7-8H,2-3,6H2,1H3,(H,16,17). The van der Waals surface area contributed by atoms with Crippen molar-refractivity contribution in [1.82, 2.24) is 5.32 Å². The SMILES string of the molecule is CC(Cl)CCCNC(=O)c1cc(Cl)ccc1Br. The molecule has 1 amide bonds. The maximum Gasteiger partial charge on any atom is 0.252 e. The molecule has 1 aromatic rings. The lowest BCUT2D eigenvalue weighted by Crippen LogP contribution is -2.25. The van der Waals surface area contributed by atoms with Crippen LogP contribution in [0.1, 0.15) is 30.1 Å². The first kappa shape index (κ1) is 14.8. The summed E-state index contributed by atoms with van der Waals surface area (Å²) in [5.74, 6) is -0.124. The number of nitrogens with one attached hydrogen (secondary N) is 1. The second kappa shape index (κ2) is 7.24. The van der Waals surface area contributed by atoms with E-state index in [4.69, 9.17) is 23.2 Å². The summed E-state index contributed by atoms with van der Waals surface area (Å²) in [6.07, 6.45) is 1.76. The number of amides is 1. The number of hydrogen-bond donors (Lipinski definition) is 1. The van der Waals surface area contributed by atoms with Crippen LogP contribution in [0.25, 0.3) is 0 Å². The summed E-state index contributed by atoms with van der Waals surface area (Å²) in [6.45, 7) is 2.56. The first-order chi connectivity index (χ1) is 8.00. The normalized spacial score (nSPS) is 12.2. The van der Waals surface area contributed by atoms with Gasteiger partial charge in [-0.05, 0) is 53.9 Å². The van der Waals surface area contributed by atoms with E-state index in [1.54, 1.807) is 18.2 Å². The maximum atomic E-state index is 11.8. The van der Waals surface area contributed by atoms with Gasteiger partial charge in [0.1, 0.15) is 0 Å². The average Bonchev–Trinajstić information content (AvgIpc) is 2.27. The molecule has 0 aliphatic heterocycles. The summed E-state index contributed by atoms with van der Waals surface area (Å²) in [5, 5.41) is 3.53. The van der Waals surface area contributed by atoms with Gasteiger partial charge in [-0.3, -0.25) is 4.79 Å². The summed E-state index contributed by atoms with van der Waals surface area (Å²) in [6, 6.07) is 5.14. The van der Waals surface area contributed by atoms with Crippen LogP contribution in [-0.2, 0) is 0 Å². The van der Waals surface area contributed by atoms with Crippen molar-refractivity contribution in [1.29, 1.82) is 0 Å². The first-order valence-corrected chi connectivity index (χ1v) is 6.98. The van der Waals surface area contributed by atoms with Crippen molar-refractivity contribution in [3.8, 4) is 0 Å². The Morgan fingerprint density at radius 3 is 2.88 bits per heavy atom. The lowest BCUT2D eigenvalue weighted by molar-refractivity contribution is 0.0952. The molecule has 94 valence electrons. The molecular formula is C12H14BrCl2NO. The molecule has 5 heteroatoms. The molecule has 1 rings (SSSR count). The summed E-state index contributed by atoms with van der Waals surface area (Å²) in [7, 11) is 0. The topological polar surface area (TPSA) is 29.1 Å². The van der Waals surface area contributed by atoms with Gasteiger partial charge in [0.15, 0.2) is 0 Å². The third kappa shape index (κ3) is 5.28. The van der Waals surface area contributed by atoms with Gasteiger partial charge < -0.3 is 5.32 Å². The molecule has 1 aromatic carbocycles. The van der Waals surface area contributed by atoms with Gasteiger partial charge in [-0.25, -0.2) is 0 Å². The van der Waals surface area contributed by atoms with Crippen molar-refractivity contribution in [3.63, 3.8) is 0 Å². The number of rotatable bonds is 5. The van der Waals surface area contributed by atoms with E-state index < -0.39 is 0 Å². The predicted octanol–water partition coefficient (Wildman–Crippen LogP) is 4.24. The third-order valence-corrected chi connectivity index (χ3v) is 3.38. The Morgan fingerprint density at radius 1 is 1.53 bits per heavy atom. The average molecular weight is 339 g/mol. The zero-order valence-electron chi connectivity index (χ0n) is 9.47. The fourth-order valence-corrected chi connectivity index (χ4v) is 2.11. The lowest BCUT2D eigenvalue weighted by Gasteiger charge is -2.07. The van der Waals surface area contributed by atoms with E-state index in [1.165, 1.54) is 0 Å². The quantitative estimate of drug-likeness (QED) is 0.631. The fourth-order valence-electron chi connectivity index (χ4n) is 1.35. The van der Waals surface area contributed by atoms with Crippen LogP contribution >= 0.6 is 39.1 Å². The van der Waals surface area contributed by atoms with Gasteiger partial charge in [0.25, 0.3) is 5.91 Å². The van der Waals surface area contributed by atoms with Crippen molar-refractivity contribution in [2.45, 2.75) is 25.1 Å². The fraction of sp³-hybridized carbons (Fsp3) is 0.417. The smallest absolute Gasteiger partial charge is 0.252 e. The van der Waals surface area contributed by atoms with Crippen LogP contribution < -0.4 is 5.32 Å². The Bertz CT molecular complexity index is 396. The van der Waals surface area contributed by atoms with E-state index in [-0.39, 0.29) is 11.3 Å². The molecule has 0 aliphatic carbocycles. The molecule has 0 saturated heterocycles. The zero-order chi connectivity index (χ0) is 12.8. The van der Waals surface area contributed by atoms with E-state index in [2.05, 4.69) is 21.2 Å². The number of halogens is 3. The van der Waals surface area contributed by atoms with Crippen molar-refractivity contribution in [2.75, 3.05) is 6.54 Å². The zero-order valence-corrected chi connectivity index (χ0v) is 12.6. The van der Waals surface area contributed by atoms with Crippen molar-refractivity contribution in [2.24, 2.45) is 0 Å². The summed E-state index contributed by atoms with van der Waals surface area (Å²) >= 11 is 15.0. The van der Waals surface area contributed by atoms with E-state index in [1.807, 2.05) is 6.92 Å². The minimum atomic E-state index is -0.124. The highest BCUT2D eigenvalue weighted by Gasteiger charge is 2.09. The first-order valence-electron chi connectivity index (χ1n) is 5.38. The van der Waals surface area contributed by atoms with Crippen LogP contribution in [0.3, 0.4) is 0 Å². The molecule has 0 spiro atoms. The van der Waals surface area contributed by atoms with Crippen molar-refractivity contribution < 1.29 is 4.79 Å². The largest absolute Gasteiger partial charge is 0.352 e. The molecule has 1 atom stereocenters.